The number of likely N-dealkylation sites (tertiary alicyclic amines) is 1. The van der Waals surface area contributed by atoms with Gasteiger partial charge in [0.05, 0.1) is 16.6 Å². The first-order valence-electron chi connectivity index (χ1n) is 7.96. The molecule has 2 aromatic rings. The first kappa shape index (κ1) is 14.5. The molecule has 0 bridgehead atoms. The molecule has 21 heavy (non-hydrogen) atoms. The zero-order valence-corrected chi connectivity index (χ0v) is 13.0. The summed E-state index contributed by atoms with van der Waals surface area (Å²) in [5.41, 5.74) is 1.54. The maximum absolute atomic E-state index is 11.0. The van der Waals surface area contributed by atoms with E-state index in [1.165, 1.54) is 0 Å². The molecule has 114 valence electrons. The molecule has 1 N–H and O–H groups in total. The topological polar surface area (TPSA) is 41.3 Å². The Morgan fingerprint density at radius 2 is 2.05 bits per heavy atom. The third-order valence-electron chi connectivity index (χ3n) is 4.82. The Kier molecular flexibility index (Phi) is 4.00. The molecule has 1 aliphatic heterocycles. The lowest BCUT2D eigenvalue weighted by Gasteiger charge is -2.26. The van der Waals surface area contributed by atoms with Crippen molar-refractivity contribution >= 4 is 11.0 Å². The molecule has 1 unspecified atom stereocenters. The fraction of sp³-hybridized carbons (Fsp3) is 0.588. The van der Waals surface area contributed by atoms with Gasteiger partial charge in [-0.2, -0.15) is 0 Å². The van der Waals surface area contributed by atoms with E-state index in [-0.39, 0.29) is 0 Å². The van der Waals surface area contributed by atoms with Gasteiger partial charge in [-0.25, -0.2) is 4.98 Å². The maximum atomic E-state index is 11.0. The summed E-state index contributed by atoms with van der Waals surface area (Å²) in [6.07, 6.45) is 3.42. The summed E-state index contributed by atoms with van der Waals surface area (Å²) >= 11 is 0. The van der Waals surface area contributed by atoms with Gasteiger partial charge in [0, 0.05) is 20.0 Å². The van der Waals surface area contributed by atoms with Gasteiger partial charge in [0.2, 0.25) is 0 Å². The Morgan fingerprint density at radius 3 is 2.81 bits per heavy atom. The zero-order valence-electron chi connectivity index (χ0n) is 13.0. The predicted molar refractivity (Wildman–Crippen MR) is 85.3 cm³/mol. The average molecular weight is 287 g/mol. The molecule has 0 aliphatic carbocycles. The van der Waals surface area contributed by atoms with Gasteiger partial charge in [-0.3, -0.25) is 0 Å². The molecule has 0 radical (unpaired) electrons. The third kappa shape index (κ3) is 2.97. The van der Waals surface area contributed by atoms with Gasteiger partial charge in [-0.05, 0) is 44.5 Å². The van der Waals surface area contributed by atoms with Crippen molar-refractivity contribution in [2.75, 3.05) is 19.6 Å². The van der Waals surface area contributed by atoms with Crippen LogP contribution in [-0.2, 0) is 13.5 Å². The summed E-state index contributed by atoms with van der Waals surface area (Å²) in [5, 5.41) is 11.0. The molecule has 1 aromatic heterocycles. The van der Waals surface area contributed by atoms with Crippen LogP contribution < -0.4 is 0 Å². The van der Waals surface area contributed by atoms with Crippen LogP contribution in [0.2, 0.25) is 0 Å². The summed E-state index contributed by atoms with van der Waals surface area (Å²) in [5.74, 6) is 0.989. The Hall–Kier alpha value is -1.39. The highest BCUT2D eigenvalue weighted by molar-refractivity contribution is 5.75. The number of fused-ring (bicyclic) bond motifs is 1. The first-order chi connectivity index (χ1) is 10.1. The summed E-state index contributed by atoms with van der Waals surface area (Å²) in [6.45, 7) is 5.34. The van der Waals surface area contributed by atoms with Crippen molar-refractivity contribution in [3.05, 3.63) is 30.1 Å². The summed E-state index contributed by atoms with van der Waals surface area (Å²) in [6, 6.07) is 8.17. The van der Waals surface area contributed by atoms with Crippen molar-refractivity contribution in [2.24, 2.45) is 7.05 Å². The highest BCUT2D eigenvalue weighted by Crippen LogP contribution is 2.27. The summed E-state index contributed by atoms with van der Waals surface area (Å²) in [4.78, 5) is 7.13. The largest absolute Gasteiger partial charge is 0.389 e. The Balaban J connectivity index is 1.82. The van der Waals surface area contributed by atoms with E-state index in [2.05, 4.69) is 22.5 Å². The highest BCUT2D eigenvalue weighted by Gasteiger charge is 2.31. The summed E-state index contributed by atoms with van der Waals surface area (Å²) < 4.78 is 2.12. The number of aromatic nitrogens is 2. The lowest BCUT2D eigenvalue weighted by molar-refractivity contribution is 0.0235. The van der Waals surface area contributed by atoms with Gasteiger partial charge in [0.15, 0.2) is 0 Å². The molecular formula is C17H25N3O. The number of rotatable bonds is 3. The monoisotopic (exact) mass is 287 g/mol. The second-order valence-corrected chi connectivity index (χ2v) is 6.26. The summed E-state index contributed by atoms with van der Waals surface area (Å²) in [7, 11) is 2.04. The molecule has 2 heterocycles. The van der Waals surface area contributed by atoms with Crippen molar-refractivity contribution in [3.8, 4) is 0 Å². The second kappa shape index (κ2) is 5.78. The number of aliphatic hydroxyl groups is 1. The Bertz CT molecular complexity index is 622. The normalized spacial score (nSPS) is 24.3. The molecule has 1 fully saturated rings. The van der Waals surface area contributed by atoms with Crippen LogP contribution in [0.25, 0.3) is 11.0 Å². The number of aryl methyl sites for hydroxylation is 1. The highest BCUT2D eigenvalue weighted by atomic mass is 16.3. The lowest BCUT2D eigenvalue weighted by atomic mass is 9.91. The molecule has 0 saturated carbocycles. The van der Waals surface area contributed by atoms with Crippen LogP contribution in [-0.4, -0.2) is 44.8 Å². The van der Waals surface area contributed by atoms with Crippen molar-refractivity contribution in [1.29, 1.82) is 0 Å². The molecule has 1 aromatic carbocycles. The van der Waals surface area contributed by atoms with Crippen LogP contribution in [0.1, 0.15) is 32.0 Å². The van der Waals surface area contributed by atoms with Gasteiger partial charge in [0.1, 0.15) is 5.82 Å². The Labute approximate surface area is 126 Å². The maximum Gasteiger partial charge on any atom is 0.112 e. The first-order valence-corrected chi connectivity index (χ1v) is 7.96. The average Bonchev–Trinajstić information content (AvgIpc) is 2.67. The predicted octanol–water partition coefficient (Wildman–Crippen LogP) is 2.35. The molecule has 3 rings (SSSR count). The number of benzene rings is 1. The zero-order chi connectivity index (χ0) is 14.9. The standard InChI is InChI=1S/C17H25N3O/c1-3-20-11-6-9-17(21,10-12-20)13-16-18-14-7-4-5-8-15(14)19(16)2/h4-5,7-8,21H,3,6,9-13H2,1-2H3. The van der Waals surface area contributed by atoms with Crippen LogP contribution in [0.3, 0.4) is 0 Å². The van der Waals surface area contributed by atoms with Crippen LogP contribution in [0.5, 0.6) is 0 Å². The molecule has 1 aliphatic rings. The van der Waals surface area contributed by atoms with Crippen LogP contribution >= 0.6 is 0 Å². The number of imidazole rings is 1. The van der Waals surface area contributed by atoms with Gasteiger partial charge < -0.3 is 14.6 Å². The van der Waals surface area contributed by atoms with Crippen LogP contribution in [0.15, 0.2) is 24.3 Å². The van der Waals surface area contributed by atoms with Crippen molar-refractivity contribution < 1.29 is 5.11 Å². The molecule has 1 saturated heterocycles. The number of para-hydroxylation sites is 2. The lowest BCUT2D eigenvalue weighted by Crippen LogP contribution is -2.34. The van der Waals surface area contributed by atoms with E-state index in [0.29, 0.717) is 6.42 Å². The molecule has 0 amide bonds. The fourth-order valence-corrected chi connectivity index (χ4v) is 3.38. The minimum absolute atomic E-state index is 0.612. The minimum Gasteiger partial charge on any atom is -0.389 e. The molecule has 0 spiro atoms. The van der Waals surface area contributed by atoms with Crippen molar-refractivity contribution in [2.45, 2.75) is 38.2 Å². The number of nitrogens with zero attached hydrogens (tertiary/aromatic N) is 3. The van der Waals surface area contributed by atoms with Crippen molar-refractivity contribution in [1.82, 2.24) is 14.5 Å². The molecule has 4 nitrogen and oxygen atoms in total. The smallest absolute Gasteiger partial charge is 0.112 e. The molecule has 4 heteroatoms. The number of hydrogen-bond donors (Lipinski definition) is 1. The van der Waals surface area contributed by atoms with Gasteiger partial charge in [0.25, 0.3) is 0 Å². The fourth-order valence-electron chi connectivity index (χ4n) is 3.38. The third-order valence-corrected chi connectivity index (χ3v) is 4.82. The van der Waals surface area contributed by atoms with E-state index in [0.717, 1.165) is 55.8 Å². The van der Waals surface area contributed by atoms with Gasteiger partial charge in [-0.1, -0.05) is 19.1 Å². The van der Waals surface area contributed by atoms with E-state index >= 15 is 0 Å². The van der Waals surface area contributed by atoms with E-state index in [9.17, 15) is 5.11 Å². The minimum atomic E-state index is -0.612. The van der Waals surface area contributed by atoms with Gasteiger partial charge >= 0.3 is 0 Å². The van der Waals surface area contributed by atoms with E-state index in [1.54, 1.807) is 0 Å². The molecular weight excluding hydrogens is 262 g/mol. The van der Waals surface area contributed by atoms with E-state index in [1.807, 2.05) is 25.2 Å². The quantitative estimate of drug-likeness (QED) is 0.942. The van der Waals surface area contributed by atoms with E-state index in [4.69, 9.17) is 4.98 Å². The number of hydrogen-bond acceptors (Lipinski definition) is 3. The van der Waals surface area contributed by atoms with Gasteiger partial charge in [-0.15, -0.1) is 0 Å². The second-order valence-electron chi connectivity index (χ2n) is 6.26. The Morgan fingerprint density at radius 1 is 1.24 bits per heavy atom. The van der Waals surface area contributed by atoms with Crippen molar-refractivity contribution in [3.63, 3.8) is 0 Å². The SMILES string of the molecule is CCN1CCCC(O)(Cc2nc3ccccc3n2C)CC1. The van der Waals surface area contributed by atoms with Crippen LogP contribution in [0, 0.1) is 0 Å². The van der Waals surface area contributed by atoms with E-state index < -0.39 is 5.60 Å². The molecule has 1 atom stereocenters. The van der Waals surface area contributed by atoms with Crippen LogP contribution in [0.4, 0.5) is 0 Å².